The molecule has 0 saturated carbocycles. The second-order valence-electron chi connectivity index (χ2n) is 5.04. The van der Waals surface area contributed by atoms with E-state index in [-0.39, 0.29) is 0 Å². The van der Waals surface area contributed by atoms with Gasteiger partial charge in [0.2, 0.25) is 10.1 Å². The molecule has 0 spiro atoms. The number of fused-ring (bicyclic) bond motifs is 1. The minimum Gasteiger partial charge on any atom is -0.345 e. The maximum Gasteiger partial charge on any atom is 0.214 e. The highest BCUT2D eigenvalue weighted by Gasteiger charge is 2.12. The van der Waals surface area contributed by atoms with Crippen LogP contribution in [0.25, 0.3) is 16.2 Å². The second kappa shape index (κ2) is 5.55. The van der Waals surface area contributed by atoms with Crippen molar-refractivity contribution >= 4 is 32.8 Å². The first-order valence-electron chi connectivity index (χ1n) is 6.95. The van der Waals surface area contributed by atoms with Crippen LogP contribution in [-0.2, 0) is 6.54 Å². The van der Waals surface area contributed by atoms with Crippen LogP contribution in [0.5, 0.6) is 0 Å². The van der Waals surface area contributed by atoms with Crippen molar-refractivity contribution in [1.82, 2.24) is 14.6 Å². The number of rotatable bonds is 4. The Balaban J connectivity index is 1.61. The quantitative estimate of drug-likeness (QED) is 0.565. The van der Waals surface area contributed by atoms with Gasteiger partial charge in [0.1, 0.15) is 0 Å². The predicted molar refractivity (Wildman–Crippen MR) is 92.7 cm³/mol. The molecule has 0 atom stereocenters. The van der Waals surface area contributed by atoms with E-state index in [9.17, 15) is 0 Å². The van der Waals surface area contributed by atoms with E-state index in [1.165, 1.54) is 4.88 Å². The third-order valence-corrected chi connectivity index (χ3v) is 5.30. The Morgan fingerprint density at radius 1 is 1.14 bits per heavy atom. The minimum atomic E-state index is 0.875. The zero-order chi connectivity index (χ0) is 14.9. The molecule has 1 aromatic carbocycles. The monoisotopic (exact) mass is 326 g/mol. The van der Waals surface area contributed by atoms with E-state index in [0.29, 0.717) is 0 Å². The number of thiophene rings is 1. The van der Waals surface area contributed by atoms with Gasteiger partial charge in [0.05, 0.1) is 18.4 Å². The lowest BCUT2D eigenvalue weighted by atomic mass is 10.2. The van der Waals surface area contributed by atoms with E-state index in [1.807, 2.05) is 28.9 Å². The average Bonchev–Trinajstić information content (AvgIpc) is 3.23. The molecule has 4 aromatic rings. The molecule has 4 nitrogen and oxygen atoms in total. The fourth-order valence-electron chi connectivity index (χ4n) is 2.30. The first-order valence-corrected chi connectivity index (χ1v) is 8.64. The van der Waals surface area contributed by atoms with Crippen molar-refractivity contribution < 1.29 is 0 Å². The molecule has 3 heterocycles. The number of aromatic nitrogens is 3. The molecule has 0 fully saturated rings. The van der Waals surface area contributed by atoms with Crippen LogP contribution in [0.3, 0.4) is 0 Å². The number of hydrogen-bond acceptors (Lipinski definition) is 5. The molecule has 0 amide bonds. The van der Waals surface area contributed by atoms with Crippen LogP contribution in [0.1, 0.15) is 4.88 Å². The van der Waals surface area contributed by atoms with Gasteiger partial charge in [-0.25, -0.2) is 9.50 Å². The molecule has 0 radical (unpaired) electrons. The van der Waals surface area contributed by atoms with Gasteiger partial charge in [-0.3, -0.25) is 0 Å². The summed E-state index contributed by atoms with van der Waals surface area (Å²) in [5, 5.41) is 7.73. The highest BCUT2D eigenvalue weighted by Crippen LogP contribution is 2.27. The summed E-state index contributed by atoms with van der Waals surface area (Å²) in [6.45, 7) is 0.875. The van der Waals surface area contributed by atoms with Crippen LogP contribution < -0.4 is 4.90 Å². The molecule has 0 aliphatic heterocycles. The number of nitrogens with zero attached hydrogens (tertiary/aromatic N) is 4. The van der Waals surface area contributed by atoms with Crippen LogP contribution in [-0.4, -0.2) is 21.6 Å². The van der Waals surface area contributed by atoms with Crippen molar-refractivity contribution in [2.75, 3.05) is 11.9 Å². The molecule has 3 aromatic heterocycles. The maximum atomic E-state index is 4.68. The van der Waals surface area contributed by atoms with Gasteiger partial charge in [0.25, 0.3) is 0 Å². The summed E-state index contributed by atoms with van der Waals surface area (Å²) in [5.41, 5.74) is 2.08. The van der Waals surface area contributed by atoms with Crippen molar-refractivity contribution in [3.63, 3.8) is 0 Å². The summed E-state index contributed by atoms with van der Waals surface area (Å²) in [7, 11) is 2.07. The number of imidazole rings is 1. The van der Waals surface area contributed by atoms with Gasteiger partial charge in [-0.15, -0.1) is 16.4 Å². The molecule has 0 aliphatic rings. The van der Waals surface area contributed by atoms with Crippen LogP contribution in [0.4, 0.5) is 5.13 Å². The number of anilines is 1. The van der Waals surface area contributed by atoms with Gasteiger partial charge in [-0.05, 0) is 11.4 Å². The first-order chi connectivity index (χ1) is 10.8. The van der Waals surface area contributed by atoms with Gasteiger partial charge in [-0.1, -0.05) is 47.7 Å². The van der Waals surface area contributed by atoms with Crippen molar-refractivity contribution in [3.05, 3.63) is 58.9 Å². The SMILES string of the molecule is CN(Cc1cccs1)c1nn2cc(-c3ccccc3)nc2s1. The van der Waals surface area contributed by atoms with E-state index in [1.54, 1.807) is 22.7 Å². The van der Waals surface area contributed by atoms with Gasteiger partial charge < -0.3 is 4.90 Å². The third-order valence-electron chi connectivity index (χ3n) is 3.40. The van der Waals surface area contributed by atoms with E-state index >= 15 is 0 Å². The highest BCUT2D eigenvalue weighted by molar-refractivity contribution is 7.20. The summed E-state index contributed by atoms with van der Waals surface area (Å²) in [6, 6.07) is 14.4. The lowest BCUT2D eigenvalue weighted by molar-refractivity contribution is 0.879. The fourth-order valence-corrected chi connectivity index (χ4v) is 3.90. The Hall–Kier alpha value is -2.18. The van der Waals surface area contributed by atoms with Gasteiger partial charge in [-0.2, -0.15) is 0 Å². The Labute approximate surface area is 136 Å². The highest BCUT2D eigenvalue weighted by atomic mass is 32.1. The molecule has 0 N–H and O–H groups in total. The van der Waals surface area contributed by atoms with Crippen LogP contribution in [0, 0.1) is 0 Å². The van der Waals surface area contributed by atoms with Gasteiger partial charge in [0.15, 0.2) is 0 Å². The molecule has 0 saturated heterocycles. The summed E-state index contributed by atoms with van der Waals surface area (Å²) >= 11 is 3.38. The topological polar surface area (TPSA) is 33.4 Å². The normalized spacial score (nSPS) is 11.1. The molecule has 0 unspecified atom stereocenters. The second-order valence-corrected chi connectivity index (χ2v) is 7.01. The van der Waals surface area contributed by atoms with Crippen LogP contribution >= 0.6 is 22.7 Å². The standard InChI is InChI=1S/C16H14N4S2/c1-19(10-13-8-5-9-21-13)16-18-20-11-14(17-15(20)22-16)12-6-3-2-4-7-12/h2-9,11H,10H2,1H3. The molecule has 6 heteroatoms. The van der Waals surface area contributed by atoms with Gasteiger partial charge in [0, 0.05) is 17.5 Å². The zero-order valence-electron chi connectivity index (χ0n) is 12.0. The summed E-state index contributed by atoms with van der Waals surface area (Å²) < 4.78 is 1.87. The Morgan fingerprint density at radius 3 is 2.73 bits per heavy atom. The number of hydrogen-bond donors (Lipinski definition) is 0. The average molecular weight is 326 g/mol. The first kappa shape index (κ1) is 13.5. The van der Waals surface area contributed by atoms with Crippen molar-refractivity contribution in [2.45, 2.75) is 6.54 Å². The smallest absolute Gasteiger partial charge is 0.214 e. The van der Waals surface area contributed by atoms with Crippen molar-refractivity contribution in [1.29, 1.82) is 0 Å². The summed E-state index contributed by atoms with van der Waals surface area (Å²) in [4.78, 5) is 9.09. The van der Waals surface area contributed by atoms with Crippen molar-refractivity contribution in [3.8, 4) is 11.3 Å². The van der Waals surface area contributed by atoms with E-state index in [2.05, 4.69) is 51.7 Å². The van der Waals surface area contributed by atoms with Crippen LogP contribution in [0.2, 0.25) is 0 Å². The molecule has 4 rings (SSSR count). The molecule has 110 valence electrons. The van der Waals surface area contributed by atoms with E-state index in [0.717, 1.165) is 27.9 Å². The van der Waals surface area contributed by atoms with E-state index < -0.39 is 0 Å². The van der Waals surface area contributed by atoms with E-state index in [4.69, 9.17) is 0 Å². The third kappa shape index (κ3) is 2.51. The fraction of sp³-hybridized carbons (Fsp3) is 0.125. The van der Waals surface area contributed by atoms with Crippen molar-refractivity contribution in [2.24, 2.45) is 0 Å². The number of benzene rings is 1. The van der Waals surface area contributed by atoms with Gasteiger partial charge >= 0.3 is 0 Å². The predicted octanol–water partition coefficient (Wildman–Crippen LogP) is 4.16. The molecule has 22 heavy (non-hydrogen) atoms. The maximum absolute atomic E-state index is 4.68. The Kier molecular flexibility index (Phi) is 3.40. The zero-order valence-corrected chi connectivity index (χ0v) is 13.6. The summed E-state index contributed by atoms with van der Waals surface area (Å²) in [5.74, 6) is 0. The Bertz CT molecular complexity index is 846. The Morgan fingerprint density at radius 2 is 2.00 bits per heavy atom. The molecule has 0 bridgehead atoms. The largest absolute Gasteiger partial charge is 0.345 e. The lowest BCUT2D eigenvalue weighted by Gasteiger charge is -2.13. The van der Waals surface area contributed by atoms with Crippen LogP contribution in [0.15, 0.2) is 54.0 Å². The summed E-state index contributed by atoms with van der Waals surface area (Å²) in [6.07, 6.45) is 1.99. The molecule has 0 aliphatic carbocycles. The molecular weight excluding hydrogens is 312 g/mol. The lowest BCUT2D eigenvalue weighted by Crippen LogP contribution is -2.15. The minimum absolute atomic E-state index is 0.875. The molecular formula is C16H14N4S2.